The van der Waals surface area contributed by atoms with Crippen molar-refractivity contribution < 1.29 is 0 Å². The van der Waals surface area contributed by atoms with Crippen molar-refractivity contribution in [1.82, 2.24) is 0 Å². The summed E-state index contributed by atoms with van der Waals surface area (Å²) in [5.74, 6) is 0. The van der Waals surface area contributed by atoms with Crippen LogP contribution >= 0.6 is 0 Å². The third kappa shape index (κ3) is 3.84. The van der Waals surface area contributed by atoms with Crippen LogP contribution in [0.5, 0.6) is 0 Å². The van der Waals surface area contributed by atoms with E-state index in [2.05, 4.69) is 158 Å². The molecular weight excluding hydrogens is 516 g/mol. The molecule has 0 fully saturated rings. The predicted molar refractivity (Wildman–Crippen MR) is 184 cm³/mol. The molecule has 0 heteroatoms. The van der Waals surface area contributed by atoms with E-state index in [-0.39, 0.29) is 0 Å². The van der Waals surface area contributed by atoms with Gasteiger partial charge in [-0.25, -0.2) is 0 Å². The fourth-order valence-corrected chi connectivity index (χ4v) is 7.21. The molecule has 200 valence electrons. The Bertz CT molecular complexity index is 2310. The number of rotatable bonds is 3. The molecule has 0 atom stereocenters. The second-order valence-electron chi connectivity index (χ2n) is 11.7. The number of benzene rings is 8. The Morgan fingerprint density at radius 2 is 0.767 bits per heavy atom. The summed E-state index contributed by atoms with van der Waals surface area (Å²) in [7, 11) is 0. The highest BCUT2D eigenvalue weighted by Crippen LogP contribution is 2.46. The largest absolute Gasteiger partial charge is 0.0622 e. The van der Waals surface area contributed by atoms with Crippen LogP contribution in [-0.2, 0) is 6.42 Å². The van der Waals surface area contributed by atoms with Gasteiger partial charge in [-0.05, 0) is 119 Å². The fraction of sp³-hybridized carbons (Fsp3) is 0.0233. The van der Waals surface area contributed by atoms with E-state index in [1.807, 2.05) is 0 Å². The van der Waals surface area contributed by atoms with Gasteiger partial charge in [-0.1, -0.05) is 133 Å². The normalized spacial score (nSPS) is 12.1. The second kappa shape index (κ2) is 9.54. The Kier molecular flexibility index (Phi) is 5.36. The summed E-state index contributed by atoms with van der Waals surface area (Å²) in [6.07, 6.45) is 0.945. The van der Waals surface area contributed by atoms with Crippen molar-refractivity contribution in [2.45, 2.75) is 6.42 Å². The Balaban J connectivity index is 1.31. The molecule has 9 rings (SSSR count). The van der Waals surface area contributed by atoms with Gasteiger partial charge in [0.15, 0.2) is 0 Å². The first kappa shape index (κ1) is 24.2. The summed E-state index contributed by atoms with van der Waals surface area (Å²) in [4.78, 5) is 0. The number of fused-ring (bicyclic) bond motifs is 9. The maximum Gasteiger partial charge on any atom is -0.000727 e. The zero-order valence-corrected chi connectivity index (χ0v) is 23.7. The van der Waals surface area contributed by atoms with Gasteiger partial charge in [-0.15, -0.1) is 0 Å². The highest BCUT2D eigenvalue weighted by atomic mass is 14.3. The molecule has 43 heavy (non-hydrogen) atoms. The monoisotopic (exact) mass is 544 g/mol. The topological polar surface area (TPSA) is 0 Å². The predicted octanol–water partition coefficient (Wildman–Crippen LogP) is 11.7. The average molecular weight is 545 g/mol. The van der Waals surface area contributed by atoms with E-state index in [0.29, 0.717) is 0 Å². The van der Waals surface area contributed by atoms with Crippen LogP contribution in [0.4, 0.5) is 0 Å². The minimum absolute atomic E-state index is 0.945. The van der Waals surface area contributed by atoms with Crippen molar-refractivity contribution in [2.24, 2.45) is 0 Å². The second-order valence-corrected chi connectivity index (χ2v) is 11.7. The Hall–Kier alpha value is -5.46. The molecule has 0 amide bonds. The van der Waals surface area contributed by atoms with Crippen LogP contribution in [0.15, 0.2) is 158 Å². The Morgan fingerprint density at radius 3 is 1.42 bits per heavy atom. The third-order valence-corrected chi connectivity index (χ3v) is 9.29. The fourth-order valence-electron chi connectivity index (χ4n) is 7.21. The van der Waals surface area contributed by atoms with Gasteiger partial charge in [-0.3, -0.25) is 0 Å². The molecule has 8 aromatic carbocycles. The smallest absolute Gasteiger partial charge is 0.000727 e. The van der Waals surface area contributed by atoms with Crippen LogP contribution in [0.3, 0.4) is 0 Å². The van der Waals surface area contributed by atoms with Gasteiger partial charge < -0.3 is 0 Å². The van der Waals surface area contributed by atoms with Gasteiger partial charge in [0.05, 0.1) is 0 Å². The molecule has 0 aliphatic heterocycles. The lowest BCUT2D eigenvalue weighted by molar-refractivity contribution is 1.26. The lowest BCUT2D eigenvalue weighted by atomic mass is 9.88. The molecule has 0 heterocycles. The van der Waals surface area contributed by atoms with E-state index in [0.717, 1.165) is 6.42 Å². The maximum absolute atomic E-state index is 2.44. The van der Waals surface area contributed by atoms with Crippen LogP contribution < -0.4 is 0 Å². The quantitative estimate of drug-likeness (QED) is 0.194. The molecule has 8 aromatic rings. The molecule has 0 bridgehead atoms. The molecule has 0 nitrogen and oxygen atoms in total. The van der Waals surface area contributed by atoms with Crippen molar-refractivity contribution in [3.05, 3.63) is 169 Å². The summed E-state index contributed by atoms with van der Waals surface area (Å²) >= 11 is 0. The third-order valence-electron chi connectivity index (χ3n) is 9.29. The SMILES string of the molecule is c1ccc(-c2ccc3c(c2)-c2cc(-c4ccccc4)cc(-c4ccc5c6ccccc6c6ccccc6c5c4)c2C3)cc1. The van der Waals surface area contributed by atoms with Crippen molar-refractivity contribution in [3.8, 4) is 44.5 Å². The van der Waals surface area contributed by atoms with Gasteiger partial charge in [0.2, 0.25) is 0 Å². The molecular formula is C43H28. The summed E-state index contributed by atoms with van der Waals surface area (Å²) in [5, 5.41) is 7.87. The molecule has 0 aromatic heterocycles. The molecule has 0 unspecified atom stereocenters. The summed E-state index contributed by atoms with van der Waals surface area (Å²) < 4.78 is 0. The first-order valence-corrected chi connectivity index (χ1v) is 15.1. The molecule has 1 aliphatic carbocycles. The van der Waals surface area contributed by atoms with E-state index < -0.39 is 0 Å². The van der Waals surface area contributed by atoms with Gasteiger partial charge in [-0.2, -0.15) is 0 Å². The van der Waals surface area contributed by atoms with Gasteiger partial charge in [0.25, 0.3) is 0 Å². The van der Waals surface area contributed by atoms with Crippen LogP contribution in [0, 0.1) is 0 Å². The van der Waals surface area contributed by atoms with Gasteiger partial charge >= 0.3 is 0 Å². The Morgan fingerprint density at radius 1 is 0.279 bits per heavy atom. The van der Waals surface area contributed by atoms with Crippen LogP contribution in [-0.4, -0.2) is 0 Å². The standard InChI is InChI=1S/C43H28/c1-3-11-28(12-4-1)30-19-20-31-25-42-40(26-33(27-43(42)39(31)23-30)29-13-5-2-6-14-29)32-21-22-38-36-17-8-7-15-34(36)35-16-9-10-18-37(35)41(38)24-32/h1-24,26-27H,25H2. The average Bonchev–Trinajstić information content (AvgIpc) is 3.46. The van der Waals surface area contributed by atoms with E-state index in [1.54, 1.807) is 0 Å². The van der Waals surface area contributed by atoms with E-state index >= 15 is 0 Å². The zero-order valence-electron chi connectivity index (χ0n) is 23.7. The van der Waals surface area contributed by atoms with Crippen molar-refractivity contribution >= 4 is 32.3 Å². The number of hydrogen-bond donors (Lipinski definition) is 0. The van der Waals surface area contributed by atoms with Gasteiger partial charge in [0.1, 0.15) is 0 Å². The van der Waals surface area contributed by atoms with Crippen LogP contribution in [0.2, 0.25) is 0 Å². The molecule has 0 spiro atoms. The molecule has 0 saturated heterocycles. The van der Waals surface area contributed by atoms with Crippen LogP contribution in [0.25, 0.3) is 76.8 Å². The molecule has 0 radical (unpaired) electrons. The summed E-state index contributed by atoms with van der Waals surface area (Å²) in [6.45, 7) is 0. The lowest BCUT2D eigenvalue weighted by Gasteiger charge is -2.16. The van der Waals surface area contributed by atoms with Crippen molar-refractivity contribution in [1.29, 1.82) is 0 Å². The molecule has 0 N–H and O–H groups in total. The molecule has 1 aliphatic rings. The van der Waals surface area contributed by atoms with E-state index in [1.165, 1.54) is 88.0 Å². The highest BCUT2D eigenvalue weighted by Gasteiger charge is 2.24. The Labute approximate surface area is 251 Å². The minimum atomic E-state index is 0.945. The molecule has 0 saturated carbocycles. The maximum atomic E-state index is 2.44. The zero-order chi connectivity index (χ0) is 28.3. The van der Waals surface area contributed by atoms with Gasteiger partial charge in [0, 0.05) is 0 Å². The number of hydrogen-bond acceptors (Lipinski definition) is 0. The van der Waals surface area contributed by atoms with E-state index in [4.69, 9.17) is 0 Å². The van der Waals surface area contributed by atoms with E-state index in [9.17, 15) is 0 Å². The first-order chi connectivity index (χ1) is 21.3. The summed E-state index contributed by atoms with van der Waals surface area (Å²) in [6, 6.07) is 58.2. The van der Waals surface area contributed by atoms with Crippen molar-refractivity contribution in [3.63, 3.8) is 0 Å². The van der Waals surface area contributed by atoms with Crippen LogP contribution in [0.1, 0.15) is 11.1 Å². The summed E-state index contributed by atoms with van der Waals surface area (Å²) in [5.41, 5.74) is 13.2. The lowest BCUT2D eigenvalue weighted by Crippen LogP contribution is -1.91. The van der Waals surface area contributed by atoms with Crippen molar-refractivity contribution in [2.75, 3.05) is 0 Å². The minimum Gasteiger partial charge on any atom is -0.0622 e. The highest BCUT2D eigenvalue weighted by molar-refractivity contribution is 6.25. The first-order valence-electron chi connectivity index (χ1n) is 15.1.